The molecule has 3 heterocycles. The van der Waals surface area contributed by atoms with Crippen LogP contribution in [0.25, 0.3) is 10.2 Å². The molecule has 10 nitrogen and oxygen atoms in total. The first-order chi connectivity index (χ1) is 13.0. The Labute approximate surface area is 156 Å². The van der Waals surface area contributed by atoms with Crippen molar-refractivity contribution in [2.45, 2.75) is 13.1 Å². The molecule has 0 unspecified atom stereocenters. The van der Waals surface area contributed by atoms with E-state index in [4.69, 9.17) is 5.73 Å². The number of primary amides is 1. The third-order valence-corrected chi connectivity index (χ3v) is 4.75. The molecule has 3 aromatic rings. The van der Waals surface area contributed by atoms with Crippen molar-refractivity contribution < 1.29 is 27.7 Å². The summed E-state index contributed by atoms with van der Waals surface area (Å²) in [5.74, 6) is -2.03. The fourth-order valence-electron chi connectivity index (χ4n) is 2.48. The molecule has 4 N–H and O–H groups in total. The number of H-pyrrole nitrogens is 1. The summed E-state index contributed by atoms with van der Waals surface area (Å²) in [4.78, 5) is 37.3. The highest BCUT2D eigenvalue weighted by Gasteiger charge is 2.34. The normalized spacial score (nSPS) is 11.6. The van der Waals surface area contributed by atoms with Crippen LogP contribution in [0.2, 0.25) is 0 Å². The molecule has 0 aliphatic carbocycles. The van der Waals surface area contributed by atoms with Crippen LogP contribution < -0.4 is 11.1 Å². The first-order valence-corrected chi connectivity index (χ1v) is 8.12. The van der Waals surface area contributed by atoms with Crippen molar-refractivity contribution in [3.63, 3.8) is 0 Å². The van der Waals surface area contributed by atoms with Gasteiger partial charge in [-0.15, -0.1) is 11.3 Å². The van der Waals surface area contributed by atoms with Gasteiger partial charge in [0.05, 0.1) is 10.6 Å². The molecular weight excluding hydrogens is 405 g/mol. The van der Waals surface area contributed by atoms with Crippen LogP contribution >= 0.6 is 11.3 Å². The second-order valence-electron chi connectivity index (χ2n) is 5.51. The number of nitrogens with zero attached hydrogens (tertiary/aromatic N) is 3. The number of aryl methyl sites for hydroxylation is 1. The van der Waals surface area contributed by atoms with Crippen molar-refractivity contribution in [1.82, 2.24) is 15.2 Å². The number of rotatable bonds is 4. The lowest BCUT2D eigenvalue weighted by Crippen LogP contribution is -2.18. The predicted molar refractivity (Wildman–Crippen MR) is 91.1 cm³/mol. The predicted octanol–water partition coefficient (Wildman–Crippen LogP) is 2.61. The molecule has 28 heavy (non-hydrogen) atoms. The molecule has 14 heteroatoms. The zero-order valence-electron chi connectivity index (χ0n) is 13.7. The maximum absolute atomic E-state index is 13.0. The third-order valence-electron chi connectivity index (χ3n) is 3.66. The third kappa shape index (κ3) is 3.24. The zero-order chi connectivity index (χ0) is 20.8. The number of pyridine rings is 1. The molecule has 146 valence electrons. The quantitative estimate of drug-likeness (QED) is 0.440. The molecule has 2 amide bonds. The summed E-state index contributed by atoms with van der Waals surface area (Å²) >= 11 is 0.566. The van der Waals surface area contributed by atoms with Crippen LogP contribution in [0.1, 0.15) is 31.4 Å². The van der Waals surface area contributed by atoms with E-state index < -0.39 is 40.0 Å². The highest BCUT2D eigenvalue weighted by Crippen LogP contribution is 2.40. The molecule has 0 saturated carbocycles. The van der Waals surface area contributed by atoms with Crippen LogP contribution in [0.5, 0.6) is 0 Å². The number of amides is 2. The zero-order valence-corrected chi connectivity index (χ0v) is 14.6. The van der Waals surface area contributed by atoms with E-state index in [-0.39, 0.29) is 26.3 Å². The van der Waals surface area contributed by atoms with Crippen LogP contribution in [-0.4, -0.2) is 31.9 Å². The van der Waals surface area contributed by atoms with Gasteiger partial charge in [0.1, 0.15) is 21.6 Å². The van der Waals surface area contributed by atoms with Gasteiger partial charge in [-0.3, -0.25) is 24.8 Å². The minimum Gasteiger partial charge on any atom is -0.365 e. The fraction of sp³-hybridized carbons (Fsp3) is 0.143. The number of carbonyl (C=O) groups excluding carboxylic acids is 2. The van der Waals surface area contributed by atoms with Gasteiger partial charge in [-0.2, -0.15) is 18.3 Å². The summed E-state index contributed by atoms with van der Waals surface area (Å²) in [6.45, 7) is 1.34. The molecule has 0 saturated heterocycles. The Kier molecular flexibility index (Phi) is 4.50. The van der Waals surface area contributed by atoms with E-state index in [2.05, 4.69) is 20.5 Å². The van der Waals surface area contributed by atoms with E-state index in [1.807, 2.05) is 0 Å². The highest BCUT2D eigenvalue weighted by atomic mass is 32.1. The van der Waals surface area contributed by atoms with Crippen molar-refractivity contribution in [1.29, 1.82) is 0 Å². The Hall–Kier alpha value is -3.55. The SMILES string of the molecule is Cc1cc(C(F)(F)F)nc2sc(C(N)=O)c(NC(=O)c3[nH]ncc3[N+](=O)[O-])c12. The Bertz CT molecular complexity index is 1140. The molecule has 0 spiro atoms. The van der Waals surface area contributed by atoms with E-state index in [9.17, 15) is 32.9 Å². The Morgan fingerprint density at radius 3 is 2.64 bits per heavy atom. The lowest BCUT2D eigenvalue weighted by Gasteiger charge is -2.09. The van der Waals surface area contributed by atoms with E-state index in [0.29, 0.717) is 11.3 Å². The molecule has 3 aromatic heterocycles. The fourth-order valence-corrected chi connectivity index (χ4v) is 3.54. The van der Waals surface area contributed by atoms with Crippen molar-refractivity contribution in [2.24, 2.45) is 5.73 Å². The summed E-state index contributed by atoms with van der Waals surface area (Å²) in [5, 5.41) is 18.9. The van der Waals surface area contributed by atoms with Gasteiger partial charge in [0.15, 0.2) is 0 Å². The maximum atomic E-state index is 13.0. The Morgan fingerprint density at radius 1 is 1.39 bits per heavy atom. The second-order valence-corrected chi connectivity index (χ2v) is 6.51. The number of aromatic amines is 1. The van der Waals surface area contributed by atoms with Crippen LogP contribution in [0.4, 0.5) is 24.5 Å². The van der Waals surface area contributed by atoms with Gasteiger partial charge < -0.3 is 11.1 Å². The molecular formula is C14H9F3N6O4S. The first-order valence-electron chi connectivity index (χ1n) is 7.31. The number of nitro groups is 1. The average Bonchev–Trinajstić information content (AvgIpc) is 3.19. The van der Waals surface area contributed by atoms with Gasteiger partial charge in [-0.25, -0.2) is 4.98 Å². The van der Waals surface area contributed by atoms with E-state index >= 15 is 0 Å². The van der Waals surface area contributed by atoms with Gasteiger partial charge >= 0.3 is 11.9 Å². The van der Waals surface area contributed by atoms with Gasteiger partial charge in [0, 0.05) is 5.39 Å². The largest absolute Gasteiger partial charge is 0.433 e. The van der Waals surface area contributed by atoms with Crippen molar-refractivity contribution in [2.75, 3.05) is 5.32 Å². The number of hydrogen-bond acceptors (Lipinski definition) is 7. The summed E-state index contributed by atoms with van der Waals surface area (Å²) in [5.41, 5.74) is 2.87. The number of halogens is 3. The summed E-state index contributed by atoms with van der Waals surface area (Å²) in [6, 6.07) is 0.758. The number of alkyl halides is 3. The number of aromatic nitrogens is 3. The van der Waals surface area contributed by atoms with E-state index in [0.717, 1.165) is 12.3 Å². The maximum Gasteiger partial charge on any atom is 0.433 e. The molecule has 0 fully saturated rings. The number of thiophene rings is 1. The molecule has 0 aromatic carbocycles. The Morgan fingerprint density at radius 2 is 2.07 bits per heavy atom. The molecule has 0 radical (unpaired) electrons. The lowest BCUT2D eigenvalue weighted by atomic mass is 10.1. The van der Waals surface area contributed by atoms with Gasteiger partial charge in [-0.1, -0.05) is 0 Å². The topological polar surface area (TPSA) is 157 Å². The molecule has 0 bridgehead atoms. The lowest BCUT2D eigenvalue weighted by molar-refractivity contribution is -0.385. The van der Waals surface area contributed by atoms with Crippen LogP contribution in [0.3, 0.4) is 0 Å². The molecule has 3 rings (SSSR count). The second kappa shape index (κ2) is 6.56. The minimum absolute atomic E-state index is 0.0716. The number of carbonyl (C=O) groups is 2. The van der Waals surface area contributed by atoms with Crippen LogP contribution in [0.15, 0.2) is 12.3 Å². The van der Waals surface area contributed by atoms with Gasteiger partial charge in [0.25, 0.3) is 11.8 Å². The monoisotopic (exact) mass is 414 g/mol. The van der Waals surface area contributed by atoms with Crippen molar-refractivity contribution >= 4 is 44.7 Å². The number of hydrogen-bond donors (Lipinski definition) is 3. The Balaban J connectivity index is 2.15. The number of anilines is 1. The van der Waals surface area contributed by atoms with Gasteiger partial charge in [0.2, 0.25) is 5.69 Å². The molecule has 0 aliphatic heterocycles. The smallest absolute Gasteiger partial charge is 0.365 e. The number of fused-ring (bicyclic) bond motifs is 1. The summed E-state index contributed by atoms with van der Waals surface area (Å²) < 4.78 is 39.0. The van der Waals surface area contributed by atoms with Crippen LogP contribution in [0, 0.1) is 17.0 Å². The minimum atomic E-state index is -4.71. The first kappa shape index (κ1) is 19.2. The number of nitrogens with two attached hydrogens (primary N) is 1. The number of nitrogens with one attached hydrogen (secondary N) is 2. The molecule has 0 atom stereocenters. The summed E-state index contributed by atoms with van der Waals surface area (Å²) in [6.07, 6.45) is -3.90. The van der Waals surface area contributed by atoms with Crippen molar-refractivity contribution in [3.8, 4) is 0 Å². The average molecular weight is 414 g/mol. The van der Waals surface area contributed by atoms with Crippen LogP contribution in [-0.2, 0) is 6.18 Å². The highest BCUT2D eigenvalue weighted by molar-refractivity contribution is 7.21. The van der Waals surface area contributed by atoms with E-state index in [1.165, 1.54) is 6.92 Å². The standard InChI is InChI=1S/C14H9F3N6O4S/c1-4-2-6(14(15,16)17)20-13-7(4)9(10(28-13)11(18)24)21-12(25)8-5(23(26)27)3-19-22-8/h2-3H,1H3,(H2,18,24)(H,19,22)(H,21,25). The summed E-state index contributed by atoms with van der Waals surface area (Å²) in [7, 11) is 0. The van der Waals surface area contributed by atoms with Gasteiger partial charge in [-0.05, 0) is 18.6 Å². The molecule has 0 aliphatic rings. The van der Waals surface area contributed by atoms with E-state index in [1.54, 1.807) is 0 Å². The van der Waals surface area contributed by atoms with Crippen molar-refractivity contribution in [3.05, 3.63) is 44.2 Å².